The third-order valence-electron chi connectivity index (χ3n) is 2.66. The first kappa shape index (κ1) is 12.9. The summed E-state index contributed by atoms with van der Waals surface area (Å²) >= 11 is 0. The topological polar surface area (TPSA) is 76.1 Å². The number of carbonyl (C=O) groups is 2. The molecule has 0 aromatic carbocycles. The Hall–Kier alpha value is -1.14. The summed E-state index contributed by atoms with van der Waals surface area (Å²) in [6, 6.07) is 0. The van der Waals surface area contributed by atoms with Crippen molar-refractivity contribution in [3.63, 3.8) is 0 Å². The van der Waals surface area contributed by atoms with Crippen LogP contribution in [0.2, 0.25) is 0 Å². The SMILES string of the molecule is COC(=O)C(=O)N(C)CC1(O)CCOCC1. The number of carbonyl (C=O) groups excluding carboxylic acids is 2. The van der Waals surface area contributed by atoms with Crippen LogP contribution in [0.1, 0.15) is 12.8 Å². The van der Waals surface area contributed by atoms with Crippen molar-refractivity contribution in [2.45, 2.75) is 18.4 Å². The molecule has 0 radical (unpaired) electrons. The second kappa shape index (κ2) is 5.27. The van der Waals surface area contributed by atoms with Crippen LogP contribution in [-0.4, -0.2) is 61.4 Å². The van der Waals surface area contributed by atoms with Gasteiger partial charge in [0.2, 0.25) is 0 Å². The van der Waals surface area contributed by atoms with Crippen LogP contribution in [0.4, 0.5) is 0 Å². The van der Waals surface area contributed by atoms with Gasteiger partial charge in [-0.15, -0.1) is 0 Å². The number of rotatable bonds is 2. The summed E-state index contributed by atoms with van der Waals surface area (Å²) in [5.41, 5.74) is -0.962. The van der Waals surface area contributed by atoms with E-state index in [2.05, 4.69) is 4.74 Å². The molecule has 6 heteroatoms. The lowest BCUT2D eigenvalue weighted by Crippen LogP contribution is -2.48. The molecule has 0 aromatic heterocycles. The minimum atomic E-state index is -0.962. The number of amides is 1. The molecule has 1 heterocycles. The number of aliphatic hydroxyl groups is 1. The predicted molar refractivity (Wildman–Crippen MR) is 54.7 cm³/mol. The van der Waals surface area contributed by atoms with Crippen LogP contribution < -0.4 is 0 Å². The Morgan fingerprint density at radius 2 is 2.00 bits per heavy atom. The molecule has 1 aliphatic rings. The third kappa shape index (κ3) is 3.18. The third-order valence-corrected chi connectivity index (χ3v) is 2.66. The molecule has 0 unspecified atom stereocenters. The molecule has 1 N–H and O–H groups in total. The van der Waals surface area contributed by atoms with Gasteiger partial charge < -0.3 is 19.5 Å². The lowest BCUT2D eigenvalue weighted by Gasteiger charge is -2.34. The molecule has 0 spiro atoms. The van der Waals surface area contributed by atoms with E-state index in [4.69, 9.17) is 4.74 Å². The first-order valence-electron chi connectivity index (χ1n) is 5.12. The number of ether oxygens (including phenoxy) is 2. The van der Waals surface area contributed by atoms with Gasteiger partial charge in [0.15, 0.2) is 0 Å². The zero-order valence-corrected chi connectivity index (χ0v) is 9.56. The van der Waals surface area contributed by atoms with Crippen molar-refractivity contribution in [2.24, 2.45) is 0 Å². The highest BCUT2D eigenvalue weighted by molar-refractivity contribution is 6.32. The fourth-order valence-corrected chi connectivity index (χ4v) is 1.67. The van der Waals surface area contributed by atoms with E-state index in [1.807, 2.05) is 0 Å². The summed E-state index contributed by atoms with van der Waals surface area (Å²) in [6.07, 6.45) is 0.928. The van der Waals surface area contributed by atoms with Crippen LogP contribution in [0.5, 0.6) is 0 Å². The van der Waals surface area contributed by atoms with Gasteiger partial charge >= 0.3 is 11.9 Å². The molecule has 16 heavy (non-hydrogen) atoms. The van der Waals surface area contributed by atoms with E-state index >= 15 is 0 Å². The maximum atomic E-state index is 11.4. The summed E-state index contributed by atoms with van der Waals surface area (Å²) in [5, 5.41) is 10.1. The number of likely N-dealkylation sites (N-methyl/N-ethyl adjacent to an activating group) is 1. The fourth-order valence-electron chi connectivity index (χ4n) is 1.67. The van der Waals surface area contributed by atoms with E-state index < -0.39 is 17.5 Å². The standard InChI is InChI=1S/C10H17NO5/c1-11(8(12)9(13)15-2)7-10(14)3-5-16-6-4-10/h14H,3-7H2,1-2H3. The summed E-state index contributed by atoms with van der Waals surface area (Å²) in [4.78, 5) is 23.6. The van der Waals surface area contributed by atoms with Gasteiger partial charge in [0.1, 0.15) is 0 Å². The Balaban J connectivity index is 2.52. The molecule has 1 rings (SSSR count). The van der Waals surface area contributed by atoms with Crippen molar-refractivity contribution in [2.75, 3.05) is 33.9 Å². The van der Waals surface area contributed by atoms with Crippen LogP contribution in [-0.2, 0) is 19.1 Å². The van der Waals surface area contributed by atoms with Crippen LogP contribution in [0.25, 0.3) is 0 Å². The minimum Gasteiger partial charge on any atom is -0.462 e. The van der Waals surface area contributed by atoms with Crippen molar-refractivity contribution in [3.8, 4) is 0 Å². The van der Waals surface area contributed by atoms with Gasteiger partial charge in [0, 0.05) is 39.6 Å². The smallest absolute Gasteiger partial charge is 0.396 e. The van der Waals surface area contributed by atoms with Crippen molar-refractivity contribution < 1.29 is 24.2 Å². The second-order valence-electron chi connectivity index (χ2n) is 3.99. The van der Waals surface area contributed by atoms with Crippen LogP contribution in [0, 0.1) is 0 Å². The molecule has 92 valence electrons. The molecule has 1 saturated heterocycles. The minimum absolute atomic E-state index is 0.115. The van der Waals surface area contributed by atoms with E-state index in [0.29, 0.717) is 26.1 Å². The largest absolute Gasteiger partial charge is 0.462 e. The highest BCUT2D eigenvalue weighted by atomic mass is 16.5. The van der Waals surface area contributed by atoms with Gasteiger partial charge in [0.25, 0.3) is 0 Å². The Labute approximate surface area is 94.1 Å². The highest BCUT2D eigenvalue weighted by Gasteiger charge is 2.33. The molecule has 1 amide bonds. The summed E-state index contributed by atoms with van der Waals surface area (Å²) in [7, 11) is 2.62. The van der Waals surface area contributed by atoms with Crippen LogP contribution in [0.3, 0.4) is 0 Å². The molecule has 0 saturated carbocycles. The van der Waals surface area contributed by atoms with Gasteiger partial charge in [-0.3, -0.25) is 4.79 Å². The lowest BCUT2D eigenvalue weighted by atomic mass is 9.94. The monoisotopic (exact) mass is 231 g/mol. The van der Waals surface area contributed by atoms with Crippen molar-refractivity contribution in [1.29, 1.82) is 0 Å². The molecule has 0 aromatic rings. The molecule has 0 atom stereocenters. The highest BCUT2D eigenvalue weighted by Crippen LogP contribution is 2.21. The molecule has 0 aliphatic carbocycles. The Morgan fingerprint density at radius 3 is 2.50 bits per heavy atom. The van der Waals surface area contributed by atoms with Gasteiger partial charge in [-0.1, -0.05) is 0 Å². The number of esters is 1. The first-order chi connectivity index (χ1) is 7.48. The second-order valence-corrected chi connectivity index (χ2v) is 3.99. The molecular formula is C10H17NO5. The van der Waals surface area contributed by atoms with Crippen molar-refractivity contribution in [3.05, 3.63) is 0 Å². The molecule has 6 nitrogen and oxygen atoms in total. The molecule has 1 fully saturated rings. The van der Waals surface area contributed by atoms with Gasteiger partial charge in [-0.2, -0.15) is 0 Å². The van der Waals surface area contributed by atoms with Gasteiger partial charge in [-0.25, -0.2) is 4.79 Å². The van der Waals surface area contributed by atoms with E-state index in [0.717, 1.165) is 7.11 Å². The normalized spacial score (nSPS) is 18.9. The zero-order valence-electron chi connectivity index (χ0n) is 9.56. The average molecular weight is 231 g/mol. The number of hydrogen-bond acceptors (Lipinski definition) is 5. The lowest BCUT2D eigenvalue weighted by molar-refractivity contribution is -0.160. The zero-order chi connectivity index (χ0) is 12.2. The molecule has 1 aliphatic heterocycles. The molecule has 0 bridgehead atoms. The van der Waals surface area contributed by atoms with E-state index in [1.54, 1.807) is 0 Å². The van der Waals surface area contributed by atoms with Crippen molar-refractivity contribution in [1.82, 2.24) is 4.90 Å². The first-order valence-corrected chi connectivity index (χ1v) is 5.12. The van der Waals surface area contributed by atoms with E-state index in [-0.39, 0.29) is 6.54 Å². The predicted octanol–water partition coefficient (Wildman–Crippen LogP) is -0.841. The maximum absolute atomic E-state index is 11.4. The van der Waals surface area contributed by atoms with E-state index in [1.165, 1.54) is 11.9 Å². The quantitative estimate of drug-likeness (QED) is 0.495. The number of methoxy groups -OCH3 is 1. The fraction of sp³-hybridized carbons (Fsp3) is 0.800. The van der Waals surface area contributed by atoms with Crippen LogP contribution >= 0.6 is 0 Å². The maximum Gasteiger partial charge on any atom is 0.396 e. The summed E-state index contributed by atoms with van der Waals surface area (Å²) < 4.78 is 9.44. The Morgan fingerprint density at radius 1 is 1.44 bits per heavy atom. The summed E-state index contributed by atoms with van der Waals surface area (Å²) in [6.45, 7) is 1.05. The van der Waals surface area contributed by atoms with Gasteiger partial charge in [-0.05, 0) is 0 Å². The Kier molecular flexibility index (Phi) is 4.26. The average Bonchev–Trinajstić information content (AvgIpc) is 2.27. The molecular weight excluding hydrogens is 214 g/mol. The van der Waals surface area contributed by atoms with E-state index in [9.17, 15) is 14.7 Å². The van der Waals surface area contributed by atoms with Crippen LogP contribution in [0.15, 0.2) is 0 Å². The number of nitrogens with zero attached hydrogens (tertiary/aromatic N) is 1. The Bertz CT molecular complexity index is 272. The number of hydrogen-bond donors (Lipinski definition) is 1. The van der Waals surface area contributed by atoms with Gasteiger partial charge in [0.05, 0.1) is 12.7 Å². The van der Waals surface area contributed by atoms with Crippen molar-refractivity contribution >= 4 is 11.9 Å². The summed E-state index contributed by atoms with van der Waals surface area (Å²) in [5.74, 6) is -1.67.